The van der Waals surface area contributed by atoms with Crippen LogP contribution in [0.15, 0.2) is 0 Å². The molecule has 1 saturated carbocycles. The lowest BCUT2D eigenvalue weighted by Crippen LogP contribution is -2.50. The lowest BCUT2D eigenvalue weighted by atomic mass is 9.94. The van der Waals surface area contributed by atoms with Gasteiger partial charge in [-0.1, -0.05) is 19.3 Å². The summed E-state index contributed by atoms with van der Waals surface area (Å²) in [6.07, 6.45) is 8.52. The smallest absolute Gasteiger partial charge is 0.236 e. The number of hydrogen-bond acceptors (Lipinski definition) is 3. The third-order valence-corrected chi connectivity index (χ3v) is 4.58. The van der Waals surface area contributed by atoms with Crippen molar-refractivity contribution in [1.82, 2.24) is 9.80 Å². The van der Waals surface area contributed by atoms with Crippen LogP contribution >= 0.6 is 12.4 Å². The fourth-order valence-electron chi connectivity index (χ4n) is 3.55. The van der Waals surface area contributed by atoms with E-state index in [-0.39, 0.29) is 18.4 Å². The molecule has 20 heavy (non-hydrogen) atoms. The largest absolute Gasteiger partial charge is 0.339 e. The maximum absolute atomic E-state index is 12.5. The number of nitrogens with two attached hydrogens (primary N) is 1. The second-order valence-electron chi connectivity index (χ2n) is 6.11. The molecular formula is C15H30ClN3O. The molecule has 1 saturated heterocycles. The summed E-state index contributed by atoms with van der Waals surface area (Å²) in [4.78, 5) is 16.8. The van der Waals surface area contributed by atoms with Gasteiger partial charge in [-0.15, -0.1) is 12.4 Å². The van der Waals surface area contributed by atoms with Crippen molar-refractivity contribution in [2.24, 2.45) is 5.73 Å². The highest BCUT2D eigenvalue weighted by Crippen LogP contribution is 2.22. The Labute approximate surface area is 129 Å². The van der Waals surface area contributed by atoms with Crippen molar-refractivity contribution in [3.63, 3.8) is 0 Å². The highest BCUT2D eigenvalue weighted by Gasteiger charge is 2.26. The molecule has 1 aliphatic carbocycles. The molecule has 0 bridgehead atoms. The summed E-state index contributed by atoms with van der Waals surface area (Å²) in [5.74, 6) is 0.309. The summed E-state index contributed by atoms with van der Waals surface area (Å²) in [7, 11) is 0. The first-order chi connectivity index (χ1) is 9.20. The van der Waals surface area contributed by atoms with Gasteiger partial charge in [-0.3, -0.25) is 9.69 Å². The number of hydrogen-bond donors (Lipinski definition) is 1. The van der Waals surface area contributed by atoms with E-state index < -0.39 is 0 Å². The van der Waals surface area contributed by atoms with Crippen LogP contribution in [0, 0.1) is 0 Å². The Balaban J connectivity index is 0.00000200. The molecule has 0 radical (unpaired) electrons. The second-order valence-corrected chi connectivity index (χ2v) is 6.11. The van der Waals surface area contributed by atoms with Crippen molar-refractivity contribution in [3.05, 3.63) is 0 Å². The van der Waals surface area contributed by atoms with E-state index in [1.165, 1.54) is 32.1 Å². The molecule has 118 valence electrons. The Morgan fingerprint density at radius 1 is 1.20 bits per heavy atom. The van der Waals surface area contributed by atoms with Crippen LogP contribution in [0.1, 0.15) is 51.9 Å². The maximum Gasteiger partial charge on any atom is 0.236 e. The van der Waals surface area contributed by atoms with Gasteiger partial charge in [-0.25, -0.2) is 0 Å². The number of rotatable bonds is 4. The van der Waals surface area contributed by atoms with E-state index in [0.717, 1.165) is 32.5 Å². The van der Waals surface area contributed by atoms with E-state index in [2.05, 4.69) is 16.7 Å². The number of likely N-dealkylation sites (N-methyl/N-ethyl adjacent to an activating group) is 1. The molecular weight excluding hydrogens is 274 g/mol. The number of carbonyl (C=O) groups is 1. The Bertz CT molecular complexity index is 295. The Morgan fingerprint density at radius 3 is 2.50 bits per heavy atom. The monoisotopic (exact) mass is 303 g/mol. The zero-order chi connectivity index (χ0) is 13.7. The number of carbonyl (C=O) groups excluding carboxylic acids is 1. The average Bonchev–Trinajstić information content (AvgIpc) is 2.41. The van der Waals surface area contributed by atoms with Crippen LogP contribution in [-0.2, 0) is 4.79 Å². The minimum absolute atomic E-state index is 0. The minimum Gasteiger partial charge on any atom is -0.339 e. The van der Waals surface area contributed by atoms with Crippen LogP contribution in [0.5, 0.6) is 0 Å². The van der Waals surface area contributed by atoms with Crippen molar-refractivity contribution in [1.29, 1.82) is 0 Å². The van der Waals surface area contributed by atoms with Gasteiger partial charge in [-0.2, -0.15) is 0 Å². The van der Waals surface area contributed by atoms with Crippen LogP contribution < -0.4 is 5.73 Å². The second kappa shape index (κ2) is 8.85. The summed E-state index contributed by atoms with van der Waals surface area (Å²) < 4.78 is 0. The first-order valence-corrected chi connectivity index (χ1v) is 7.98. The van der Waals surface area contributed by atoms with Crippen LogP contribution in [-0.4, -0.2) is 54.0 Å². The molecule has 2 fully saturated rings. The SMILES string of the molecule is CCN(C(=O)CN1CCC[C@@H](N)C1)C1CCCCC1.Cl. The molecule has 0 aromatic carbocycles. The maximum atomic E-state index is 12.5. The molecule has 2 aliphatic rings. The molecule has 2 rings (SSSR count). The van der Waals surface area contributed by atoms with E-state index in [9.17, 15) is 4.79 Å². The fourth-order valence-corrected chi connectivity index (χ4v) is 3.55. The average molecular weight is 304 g/mol. The molecule has 0 aromatic rings. The van der Waals surface area contributed by atoms with Crippen LogP contribution in [0.25, 0.3) is 0 Å². The van der Waals surface area contributed by atoms with E-state index in [0.29, 0.717) is 18.5 Å². The molecule has 4 nitrogen and oxygen atoms in total. The standard InChI is InChI=1S/C15H29N3O.ClH/c1-2-18(14-8-4-3-5-9-14)15(19)12-17-10-6-7-13(16)11-17;/h13-14H,2-12,16H2,1H3;1H/t13-;/m1./s1. The molecule has 1 atom stereocenters. The molecule has 1 aliphatic heterocycles. The lowest BCUT2D eigenvalue weighted by Gasteiger charge is -2.36. The third-order valence-electron chi connectivity index (χ3n) is 4.58. The Kier molecular flexibility index (Phi) is 7.85. The minimum atomic E-state index is 0. The fraction of sp³-hybridized carbons (Fsp3) is 0.933. The van der Waals surface area contributed by atoms with Gasteiger partial charge in [0.15, 0.2) is 0 Å². The highest BCUT2D eigenvalue weighted by atomic mass is 35.5. The zero-order valence-corrected chi connectivity index (χ0v) is 13.5. The molecule has 2 N–H and O–H groups in total. The number of likely N-dealkylation sites (tertiary alicyclic amines) is 1. The molecule has 5 heteroatoms. The van der Waals surface area contributed by atoms with Crippen LogP contribution in [0.2, 0.25) is 0 Å². The van der Waals surface area contributed by atoms with Gasteiger partial charge in [0, 0.05) is 25.2 Å². The number of amides is 1. The van der Waals surface area contributed by atoms with Crippen molar-refractivity contribution in [2.75, 3.05) is 26.2 Å². The molecule has 0 aromatic heterocycles. The molecule has 1 heterocycles. The van der Waals surface area contributed by atoms with Crippen LogP contribution in [0.3, 0.4) is 0 Å². The lowest BCUT2D eigenvalue weighted by molar-refractivity contribution is -0.135. The van der Waals surface area contributed by atoms with Gasteiger partial charge in [0.05, 0.1) is 6.54 Å². The summed E-state index contributed by atoms with van der Waals surface area (Å²) in [5.41, 5.74) is 5.99. The van der Waals surface area contributed by atoms with Crippen molar-refractivity contribution < 1.29 is 4.79 Å². The topological polar surface area (TPSA) is 49.6 Å². The highest BCUT2D eigenvalue weighted by molar-refractivity contribution is 5.85. The first kappa shape index (κ1) is 17.7. The van der Waals surface area contributed by atoms with E-state index in [4.69, 9.17) is 5.73 Å². The van der Waals surface area contributed by atoms with E-state index in [1.807, 2.05) is 0 Å². The van der Waals surface area contributed by atoms with Crippen molar-refractivity contribution in [3.8, 4) is 0 Å². The first-order valence-electron chi connectivity index (χ1n) is 7.98. The van der Waals surface area contributed by atoms with E-state index >= 15 is 0 Å². The summed E-state index contributed by atoms with van der Waals surface area (Å²) >= 11 is 0. The molecule has 1 amide bonds. The van der Waals surface area contributed by atoms with Gasteiger partial charge in [0.1, 0.15) is 0 Å². The number of halogens is 1. The summed E-state index contributed by atoms with van der Waals surface area (Å²) in [6.45, 7) is 5.44. The summed E-state index contributed by atoms with van der Waals surface area (Å²) in [6, 6.07) is 0.746. The normalized spacial score (nSPS) is 25.0. The van der Waals surface area contributed by atoms with Gasteiger partial charge in [0.2, 0.25) is 5.91 Å². The Morgan fingerprint density at radius 2 is 1.90 bits per heavy atom. The van der Waals surface area contributed by atoms with Crippen LogP contribution in [0.4, 0.5) is 0 Å². The van der Waals surface area contributed by atoms with Gasteiger partial charge in [-0.05, 0) is 39.2 Å². The predicted octanol–water partition coefficient (Wildman–Crippen LogP) is 2.01. The number of piperidine rings is 1. The number of nitrogens with zero attached hydrogens (tertiary/aromatic N) is 2. The third kappa shape index (κ3) is 4.90. The zero-order valence-electron chi connectivity index (χ0n) is 12.7. The summed E-state index contributed by atoms with van der Waals surface area (Å²) in [5, 5.41) is 0. The molecule has 0 spiro atoms. The van der Waals surface area contributed by atoms with Crippen molar-refractivity contribution >= 4 is 18.3 Å². The quantitative estimate of drug-likeness (QED) is 0.864. The Hall–Kier alpha value is -0.320. The predicted molar refractivity (Wildman–Crippen MR) is 85.2 cm³/mol. The van der Waals surface area contributed by atoms with E-state index in [1.54, 1.807) is 0 Å². The molecule has 0 unspecified atom stereocenters. The van der Waals surface area contributed by atoms with Gasteiger partial charge >= 0.3 is 0 Å². The van der Waals surface area contributed by atoms with Gasteiger partial charge < -0.3 is 10.6 Å². The van der Waals surface area contributed by atoms with Gasteiger partial charge in [0.25, 0.3) is 0 Å². The van der Waals surface area contributed by atoms with Crippen molar-refractivity contribution in [2.45, 2.75) is 64.0 Å².